The van der Waals surface area contributed by atoms with E-state index >= 15 is 0 Å². The number of fused-ring (bicyclic) bond motifs is 1. The van der Waals surface area contributed by atoms with E-state index in [1.807, 2.05) is 12.3 Å². The van der Waals surface area contributed by atoms with E-state index in [-0.39, 0.29) is 17.8 Å². The zero-order valence-electron chi connectivity index (χ0n) is 19.6. The Hall–Kier alpha value is -3.33. The van der Waals surface area contributed by atoms with Crippen LogP contribution in [0.2, 0.25) is 0 Å². The van der Waals surface area contributed by atoms with Crippen molar-refractivity contribution >= 4 is 23.1 Å². The molecule has 1 saturated carbocycles. The normalized spacial score (nSPS) is 16.7. The molecule has 0 amide bonds. The molecular formula is C26H30F2N6O. The monoisotopic (exact) mass is 480 g/mol. The van der Waals surface area contributed by atoms with Gasteiger partial charge in [-0.05, 0) is 74.0 Å². The first-order chi connectivity index (χ1) is 16.9. The maximum atomic E-state index is 13.5. The Kier molecular flexibility index (Phi) is 6.51. The molecule has 0 atom stereocenters. The zero-order valence-corrected chi connectivity index (χ0v) is 19.6. The molecule has 35 heavy (non-hydrogen) atoms. The van der Waals surface area contributed by atoms with Crippen molar-refractivity contribution < 1.29 is 8.78 Å². The summed E-state index contributed by atoms with van der Waals surface area (Å²) in [5, 5.41) is 16.1. The second-order valence-electron chi connectivity index (χ2n) is 9.56. The van der Waals surface area contributed by atoms with Crippen LogP contribution in [0.3, 0.4) is 0 Å². The number of rotatable bonds is 8. The molecule has 2 aliphatic rings. The number of alkyl halides is 2. The van der Waals surface area contributed by atoms with E-state index in [1.165, 1.54) is 19.3 Å². The highest BCUT2D eigenvalue weighted by molar-refractivity contribution is 5.90. The van der Waals surface area contributed by atoms with Gasteiger partial charge in [0, 0.05) is 35.9 Å². The third kappa shape index (κ3) is 4.91. The number of halogens is 2. The van der Waals surface area contributed by atoms with E-state index in [9.17, 15) is 13.6 Å². The number of nitrogens with zero attached hydrogens (tertiary/aromatic N) is 3. The summed E-state index contributed by atoms with van der Waals surface area (Å²) < 4.78 is 27.7. The summed E-state index contributed by atoms with van der Waals surface area (Å²) in [6, 6.07) is 9.21. The van der Waals surface area contributed by atoms with Crippen LogP contribution in [0.15, 0.2) is 41.3 Å². The number of hydrogen-bond acceptors (Lipinski definition) is 4. The van der Waals surface area contributed by atoms with Crippen molar-refractivity contribution in [2.45, 2.75) is 57.5 Å². The number of amidine groups is 1. The van der Waals surface area contributed by atoms with E-state index in [0.29, 0.717) is 33.9 Å². The van der Waals surface area contributed by atoms with Crippen LogP contribution in [0.5, 0.6) is 0 Å². The van der Waals surface area contributed by atoms with Crippen LogP contribution in [-0.4, -0.2) is 51.2 Å². The molecule has 1 aromatic carbocycles. The Balaban J connectivity index is 1.49. The smallest absolute Gasteiger partial charge is 0.321 e. The topological polar surface area (TPSA) is 92.0 Å². The van der Waals surface area contributed by atoms with Gasteiger partial charge in [-0.25, -0.2) is 0 Å². The van der Waals surface area contributed by atoms with Crippen LogP contribution < -0.4 is 5.56 Å². The van der Waals surface area contributed by atoms with Gasteiger partial charge in [-0.1, -0.05) is 18.6 Å². The van der Waals surface area contributed by atoms with Crippen LogP contribution in [0, 0.1) is 10.8 Å². The summed E-state index contributed by atoms with van der Waals surface area (Å²) in [5.41, 5.74) is 3.93. The molecule has 9 heteroatoms. The average Bonchev–Trinajstić information content (AvgIpc) is 3.59. The maximum absolute atomic E-state index is 13.5. The highest BCUT2D eigenvalue weighted by Crippen LogP contribution is 2.43. The Bertz CT molecular complexity index is 1300. The Morgan fingerprint density at radius 1 is 1.20 bits per heavy atom. The predicted octanol–water partition coefficient (Wildman–Crippen LogP) is 4.83. The summed E-state index contributed by atoms with van der Waals surface area (Å²) in [4.78, 5) is 19.7. The van der Waals surface area contributed by atoms with Gasteiger partial charge in [-0.2, -0.15) is 8.78 Å². The fourth-order valence-electron chi connectivity index (χ4n) is 5.00. The number of H-pyrrole nitrogens is 1. The SMILES string of the molecule is N=CN(C(=N)Cc1cccc(-n2cc(C3CC3)c3cc(CN4CCCCC4)[nH]c3c2=O)c1)C(F)F. The molecule has 0 bridgehead atoms. The van der Waals surface area contributed by atoms with E-state index in [4.69, 9.17) is 10.8 Å². The lowest BCUT2D eigenvalue weighted by Crippen LogP contribution is -2.34. The minimum atomic E-state index is -2.94. The van der Waals surface area contributed by atoms with Gasteiger partial charge in [0.25, 0.3) is 5.56 Å². The third-order valence-electron chi connectivity index (χ3n) is 6.97. The lowest BCUT2D eigenvalue weighted by atomic mass is 10.1. The minimum Gasteiger partial charge on any atom is -0.353 e. The van der Waals surface area contributed by atoms with Gasteiger partial charge in [0.05, 0.1) is 6.34 Å². The molecule has 7 nitrogen and oxygen atoms in total. The molecule has 0 unspecified atom stereocenters. The van der Waals surface area contributed by atoms with Crippen LogP contribution in [0.1, 0.15) is 54.8 Å². The number of hydrogen-bond donors (Lipinski definition) is 3. The van der Waals surface area contributed by atoms with Crippen molar-refractivity contribution in [3.63, 3.8) is 0 Å². The number of pyridine rings is 1. The molecule has 3 heterocycles. The number of likely N-dealkylation sites (tertiary alicyclic amines) is 1. The summed E-state index contributed by atoms with van der Waals surface area (Å²) >= 11 is 0. The highest BCUT2D eigenvalue weighted by Gasteiger charge is 2.28. The molecule has 2 fully saturated rings. The van der Waals surface area contributed by atoms with Gasteiger partial charge in [0.2, 0.25) is 0 Å². The van der Waals surface area contributed by atoms with Crippen molar-refractivity contribution in [1.29, 1.82) is 10.8 Å². The average molecular weight is 481 g/mol. The number of nitrogens with one attached hydrogen (secondary N) is 3. The first-order valence-corrected chi connectivity index (χ1v) is 12.2. The fourth-order valence-corrected chi connectivity index (χ4v) is 5.00. The molecule has 5 rings (SSSR count). The fraction of sp³-hybridized carbons (Fsp3) is 0.423. The molecule has 1 saturated heterocycles. The molecular weight excluding hydrogens is 450 g/mol. The lowest BCUT2D eigenvalue weighted by Gasteiger charge is -2.25. The number of aromatic nitrogens is 2. The number of benzene rings is 1. The summed E-state index contributed by atoms with van der Waals surface area (Å²) in [6.07, 6.45) is 8.22. The van der Waals surface area contributed by atoms with Crippen LogP contribution in [0.25, 0.3) is 16.6 Å². The number of piperidine rings is 1. The molecule has 0 radical (unpaired) electrons. The first-order valence-electron chi connectivity index (χ1n) is 12.2. The van der Waals surface area contributed by atoms with Gasteiger partial charge >= 0.3 is 6.55 Å². The van der Waals surface area contributed by atoms with Crippen molar-refractivity contribution in [3.8, 4) is 5.69 Å². The molecule has 1 aliphatic carbocycles. The van der Waals surface area contributed by atoms with Crippen molar-refractivity contribution in [3.05, 3.63) is 63.7 Å². The molecule has 2 aromatic heterocycles. The molecule has 184 valence electrons. The van der Waals surface area contributed by atoms with Crippen molar-refractivity contribution in [1.82, 2.24) is 19.4 Å². The quantitative estimate of drug-likeness (QED) is 0.245. The Labute approximate surface area is 202 Å². The van der Waals surface area contributed by atoms with Crippen molar-refractivity contribution in [2.24, 2.45) is 0 Å². The molecule has 3 aromatic rings. The predicted molar refractivity (Wildman–Crippen MR) is 133 cm³/mol. The largest absolute Gasteiger partial charge is 0.353 e. The summed E-state index contributed by atoms with van der Waals surface area (Å²) in [7, 11) is 0. The maximum Gasteiger partial charge on any atom is 0.321 e. The summed E-state index contributed by atoms with van der Waals surface area (Å²) in [6.45, 7) is 0.0282. The van der Waals surface area contributed by atoms with Gasteiger partial charge < -0.3 is 4.98 Å². The minimum absolute atomic E-state index is 0.0669. The van der Waals surface area contributed by atoms with Gasteiger partial charge in [0.15, 0.2) is 0 Å². The first kappa shape index (κ1) is 23.4. The highest BCUT2D eigenvalue weighted by atomic mass is 19.3. The van der Waals surface area contributed by atoms with E-state index in [0.717, 1.165) is 49.1 Å². The van der Waals surface area contributed by atoms with Crippen LogP contribution in [0.4, 0.5) is 8.78 Å². The van der Waals surface area contributed by atoms with Crippen LogP contribution >= 0.6 is 0 Å². The number of aromatic amines is 1. The molecule has 3 N–H and O–H groups in total. The zero-order chi connectivity index (χ0) is 24.5. The second-order valence-corrected chi connectivity index (χ2v) is 9.56. The molecule has 1 aliphatic heterocycles. The van der Waals surface area contributed by atoms with Gasteiger partial charge in [-0.15, -0.1) is 0 Å². The van der Waals surface area contributed by atoms with E-state index < -0.39 is 6.55 Å². The lowest BCUT2D eigenvalue weighted by molar-refractivity contribution is 0.0636. The van der Waals surface area contributed by atoms with Gasteiger partial charge in [-0.3, -0.25) is 30.0 Å². The molecule has 0 spiro atoms. The standard InChI is InChI=1S/C26H30F2N6O/c27-26(28)34(16-29)23(30)12-17-5-4-6-20(11-17)33-15-22(18-7-8-18)21-13-19(31-24(21)25(33)35)14-32-9-2-1-3-10-32/h4-6,11,13,15-16,18,26,29-31H,1-3,7-10,12,14H2. The van der Waals surface area contributed by atoms with Crippen LogP contribution in [-0.2, 0) is 13.0 Å². The Morgan fingerprint density at radius 2 is 1.97 bits per heavy atom. The van der Waals surface area contributed by atoms with Gasteiger partial charge in [0.1, 0.15) is 11.4 Å². The Morgan fingerprint density at radius 3 is 2.66 bits per heavy atom. The van der Waals surface area contributed by atoms with Crippen molar-refractivity contribution in [2.75, 3.05) is 13.1 Å². The second kappa shape index (κ2) is 9.73. The van der Waals surface area contributed by atoms with E-state index in [2.05, 4.69) is 16.0 Å². The third-order valence-corrected chi connectivity index (χ3v) is 6.97. The summed E-state index contributed by atoms with van der Waals surface area (Å²) in [5.74, 6) is 0.0619. The van der Waals surface area contributed by atoms with E-state index in [1.54, 1.807) is 22.8 Å².